The molecule has 1 N–H and O–H groups in total. The van der Waals surface area contributed by atoms with Crippen molar-refractivity contribution in [1.29, 1.82) is 0 Å². The molecule has 5 heteroatoms. The maximum atomic E-state index is 10.7. The molecule has 0 bridgehead atoms. The Balaban J connectivity index is 2.23. The van der Waals surface area contributed by atoms with Gasteiger partial charge in [-0.05, 0) is 25.0 Å². The number of rotatable bonds is 5. The third-order valence-corrected chi connectivity index (χ3v) is 2.43. The van der Waals surface area contributed by atoms with Crippen molar-refractivity contribution < 1.29 is 8.42 Å². The van der Waals surface area contributed by atoms with E-state index in [4.69, 9.17) is 0 Å². The summed E-state index contributed by atoms with van der Waals surface area (Å²) >= 11 is 0. The van der Waals surface area contributed by atoms with E-state index in [1.165, 1.54) is 0 Å². The van der Waals surface area contributed by atoms with Gasteiger partial charge in [0.25, 0.3) is 0 Å². The summed E-state index contributed by atoms with van der Waals surface area (Å²) in [5, 5.41) is 0. The smallest absolute Gasteiger partial charge is 0.208 e. The first kappa shape index (κ1) is 11.1. The van der Waals surface area contributed by atoms with Crippen molar-refractivity contribution in [2.45, 2.75) is 12.8 Å². The lowest BCUT2D eigenvalue weighted by Gasteiger charge is -2.01. The number of sulfonamides is 1. The summed E-state index contributed by atoms with van der Waals surface area (Å²) in [5.74, 6) is 0. The minimum absolute atomic E-state index is 0.468. The first-order valence-corrected chi connectivity index (χ1v) is 6.31. The molecule has 78 valence electrons. The van der Waals surface area contributed by atoms with Gasteiger partial charge >= 0.3 is 0 Å². The van der Waals surface area contributed by atoms with Gasteiger partial charge in [0.2, 0.25) is 10.0 Å². The number of hydrogen-bond donors (Lipinski definition) is 1. The van der Waals surface area contributed by atoms with Gasteiger partial charge in [-0.2, -0.15) is 0 Å². The van der Waals surface area contributed by atoms with Crippen LogP contribution in [0.2, 0.25) is 0 Å². The van der Waals surface area contributed by atoms with Gasteiger partial charge in [-0.25, -0.2) is 13.1 Å². The Kier molecular flexibility index (Phi) is 4.03. The molecule has 1 aromatic rings. The monoisotopic (exact) mass is 214 g/mol. The second-order valence-corrected chi connectivity index (χ2v) is 4.92. The van der Waals surface area contributed by atoms with Gasteiger partial charge < -0.3 is 0 Å². The van der Waals surface area contributed by atoms with Crippen molar-refractivity contribution in [3.05, 3.63) is 30.1 Å². The van der Waals surface area contributed by atoms with E-state index in [0.717, 1.165) is 24.8 Å². The molecule has 14 heavy (non-hydrogen) atoms. The van der Waals surface area contributed by atoms with E-state index in [1.54, 1.807) is 6.20 Å². The van der Waals surface area contributed by atoms with Crippen LogP contribution in [0.4, 0.5) is 0 Å². The van der Waals surface area contributed by atoms with Crippen LogP contribution in [0.3, 0.4) is 0 Å². The van der Waals surface area contributed by atoms with Crippen LogP contribution in [0.15, 0.2) is 24.4 Å². The fourth-order valence-electron chi connectivity index (χ4n) is 1.07. The zero-order valence-electron chi connectivity index (χ0n) is 8.10. The number of nitrogens with zero attached hydrogens (tertiary/aromatic N) is 1. The average molecular weight is 214 g/mol. The van der Waals surface area contributed by atoms with Crippen molar-refractivity contribution in [2.24, 2.45) is 0 Å². The Morgan fingerprint density at radius 1 is 1.43 bits per heavy atom. The number of nitrogens with one attached hydrogen (secondary N) is 1. The van der Waals surface area contributed by atoms with E-state index in [9.17, 15) is 8.42 Å². The molecule has 0 spiro atoms. The Labute approximate surface area is 84.4 Å². The van der Waals surface area contributed by atoms with Gasteiger partial charge in [0, 0.05) is 18.4 Å². The van der Waals surface area contributed by atoms with Gasteiger partial charge in [-0.15, -0.1) is 0 Å². The Hall–Kier alpha value is -0.940. The van der Waals surface area contributed by atoms with Crippen molar-refractivity contribution in [3.8, 4) is 0 Å². The zero-order valence-corrected chi connectivity index (χ0v) is 8.92. The standard InChI is InChI=1S/C9H14N2O2S/c1-14(12,13)11-8-4-6-9-5-2-3-7-10-9/h2-3,5,7,11H,4,6,8H2,1H3. The summed E-state index contributed by atoms with van der Waals surface area (Å²) < 4.78 is 23.9. The van der Waals surface area contributed by atoms with Gasteiger partial charge in [0.15, 0.2) is 0 Å². The van der Waals surface area contributed by atoms with E-state index < -0.39 is 10.0 Å². The fourth-order valence-corrected chi connectivity index (χ4v) is 1.59. The van der Waals surface area contributed by atoms with Crippen LogP contribution >= 0.6 is 0 Å². The van der Waals surface area contributed by atoms with Gasteiger partial charge in [-0.3, -0.25) is 4.98 Å². The van der Waals surface area contributed by atoms with Crippen LogP contribution in [-0.4, -0.2) is 26.2 Å². The number of hydrogen-bond acceptors (Lipinski definition) is 3. The van der Waals surface area contributed by atoms with Gasteiger partial charge in [0.05, 0.1) is 6.26 Å². The molecule has 1 rings (SSSR count). The van der Waals surface area contributed by atoms with Gasteiger partial charge in [-0.1, -0.05) is 6.07 Å². The lowest BCUT2D eigenvalue weighted by molar-refractivity contribution is 0.585. The minimum atomic E-state index is -3.05. The highest BCUT2D eigenvalue weighted by Crippen LogP contribution is 1.97. The van der Waals surface area contributed by atoms with Crippen molar-refractivity contribution in [2.75, 3.05) is 12.8 Å². The van der Waals surface area contributed by atoms with Crippen molar-refractivity contribution in [3.63, 3.8) is 0 Å². The summed E-state index contributed by atoms with van der Waals surface area (Å²) in [6.45, 7) is 0.468. The van der Waals surface area contributed by atoms with Crippen LogP contribution in [0.1, 0.15) is 12.1 Å². The summed E-state index contributed by atoms with van der Waals surface area (Å²) in [6.07, 6.45) is 4.46. The van der Waals surface area contributed by atoms with Crippen molar-refractivity contribution in [1.82, 2.24) is 9.71 Å². The quantitative estimate of drug-likeness (QED) is 0.729. The molecule has 0 amide bonds. The van der Waals surface area contributed by atoms with E-state index in [0.29, 0.717) is 6.54 Å². The maximum Gasteiger partial charge on any atom is 0.208 e. The summed E-state index contributed by atoms with van der Waals surface area (Å²) in [5.41, 5.74) is 0.989. The summed E-state index contributed by atoms with van der Waals surface area (Å²) in [4.78, 5) is 4.14. The van der Waals surface area contributed by atoms with E-state index in [2.05, 4.69) is 9.71 Å². The predicted molar refractivity (Wildman–Crippen MR) is 55.4 cm³/mol. The summed E-state index contributed by atoms with van der Waals surface area (Å²) in [6, 6.07) is 5.71. The summed E-state index contributed by atoms with van der Waals surface area (Å²) in [7, 11) is -3.05. The average Bonchev–Trinajstić information content (AvgIpc) is 2.13. The van der Waals surface area contributed by atoms with Crippen LogP contribution in [-0.2, 0) is 16.4 Å². The molecule has 0 unspecified atom stereocenters. The Bertz CT molecular complexity index is 362. The third kappa shape index (κ3) is 4.94. The SMILES string of the molecule is CS(=O)(=O)NCCCc1ccccn1. The molecule has 0 fully saturated rings. The fraction of sp³-hybridized carbons (Fsp3) is 0.444. The third-order valence-electron chi connectivity index (χ3n) is 1.70. The van der Waals surface area contributed by atoms with Crippen molar-refractivity contribution >= 4 is 10.0 Å². The molecule has 0 aliphatic heterocycles. The van der Waals surface area contributed by atoms with Gasteiger partial charge in [0.1, 0.15) is 0 Å². The largest absolute Gasteiger partial charge is 0.261 e. The molecular weight excluding hydrogens is 200 g/mol. The number of aryl methyl sites for hydroxylation is 1. The lowest BCUT2D eigenvalue weighted by Crippen LogP contribution is -2.23. The van der Waals surface area contributed by atoms with E-state index in [-0.39, 0.29) is 0 Å². The Morgan fingerprint density at radius 2 is 2.21 bits per heavy atom. The van der Waals surface area contributed by atoms with E-state index in [1.807, 2.05) is 18.2 Å². The molecule has 0 radical (unpaired) electrons. The number of pyridine rings is 1. The molecule has 0 saturated carbocycles. The molecule has 1 aromatic heterocycles. The molecule has 4 nitrogen and oxygen atoms in total. The second-order valence-electron chi connectivity index (χ2n) is 3.09. The normalized spacial score (nSPS) is 11.5. The maximum absolute atomic E-state index is 10.7. The molecule has 0 aliphatic rings. The molecule has 0 aromatic carbocycles. The molecule has 0 saturated heterocycles. The predicted octanol–water partition coefficient (Wildman–Crippen LogP) is 0.563. The molecular formula is C9H14N2O2S. The highest BCUT2D eigenvalue weighted by molar-refractivity contribution is 7.88. The molecule has 0 aliphatic carbocycles. The minimum Gasteiger partial charge on any atom is -0.261 e. The Morgan fingerprint density at radius 3 is 2.79 bits per heavy atom. The van der Waals surface area contributed by atoms with E-state index >= 15 is 0 Å². The van der Waals surface area contributed by atoms with Crippen LogP contribution in [0.25, 0.3) is 0 Å². The first-order valence-electron chi connectivity index (χ1n) is 4.42. The van der Waals surface area contributed by atoms with Crippen LogP contribution in [0.5, 0.6) is 0 Å². The highest BCUT2D eigenvalue weighted by Gasteiger charge is 1.99. The first-order chi connectivity index (χ1) is 6.58. The zero-order chi connectivity index (χ0) is 10.4. The molecule has 1 heterocycles. The van der Waals surface area contributed by atoms with Crippen LogP contribution < -0.4 is 4.72 Å². The highest BCUT2D eigenvalue weighted by atomic mass is 32.2. The van der Waals surface area contributed by atoms with Crippen LogP contribution in [0, 0.1) is 0 Å². The second kappa shape index (κ2) is 5.07. The topological polar surface area (TPSA) is 59.1 Å². The molecule has 0 atom stereocenters. The lowest BCUT2D eigenvalue weighted by atomic mass is 10.2. The number of aromatic nitrogens is 1.